The van der Waals surface area contributed by atoms with E-state index in [1.807, 2.05) is 0 Å². The Morgan fingerprint density at radius 3 is 2.60 bits per heavy atom. The molecule has 1 aliphatic heterocycles. The normalized spacial score (nSPS) is 29.9. The highest BCUT2D eigenvalue weighted by atomic mass is 16.5. The Morgan fingerprint density at radius 2 is 2.00 bits per heavy atom. The van der Waals surface area contributed by atoms with Gasteiger partial charge in [-0.25, -0.2) is 0 Å². The minimum Gasteiger partial charge on any atom is -0.468 e. The second-order valence-corrected chi connectivity index (χ2v) is 4.05. The van der Waals surface area contributed by atoms with Gasteiger partial charge in [-0.15, -0.1) is 0 Å². The van der Waals surface area contributed by atoms with E-state index in [0.29, 0.717) is 13.0 Å². The lowest BCUT2D eigenvalue weighted by molar-refractivity contribution is -0.151. The fraction of sp³-hybridized carbons (Fsp3) is 0.800. The summed E-state index contributed by atoms with van der Waals surface area (Å²) in [5.74, 6) is -0.297. The second-order valence-electron chi connectivity index (χ2n) is 4.05. The molecule has 5 heteroatoms. The first-order chi connectivity index (χ1) is 7.20. The highest BCUT2D eigenvalue weighted by Gasteiger charge is 2.36. The number of ether oxygens (including phenoxy) is 2. The van der Waals surface area contributed by atoms with Gasteiger partial charge in [0.2, 0.25) is 0 Å². The molecular formula is C10H15NO4. The Kier molecular flexibility index (Phi) is 2.90. The lowest BCUT2D eigenvalue weighted by atomic mass is 10.2. The molecule has 0 bridgehead atoms. The van der Waals surface area contributed by atoms with Crippen molar-refractivity contribution in [1.29, 1.82) is 0 Å². The zero-order valence-corrected chi connectivity index (χ0v) is 8.69. The predicted molar refractivity (Wildman–Crippen MR) is 51.0 cm³/mol. The van der Waals surface area contributed by atoms with E-state index >= 15 is 0 Å². The van der Waals surface area contributed by atoms with Gasteiger partial charge in [-0.05, 0) is 12.8 Å². The topological polar surface area (TPSA) is 64.6 Å². The van der Waals surface area contributed by atoms with E-state index in [1.165, 1.54) is 7.11 Å². The van der Waals surface area contributed by atoms with Crippen molar-refractivity contribution in [3.8, 4) is 0 Å². The number of methoxy groups -OCH3 is 1. The monoisotopic (exact) mass is 213 g/mol. The summed E-state index contributed by atoms with van der Waals surface area (Å²) in [5.41, 5.74) is 0. The number of esters is 2. The Labute approximate surface area is 88.1 Å². The molecule has 1 heterocycles. The van der Waals surface area contributed by atoms with Crippen LogP contribution in [0.3, 0.4) is 0 Å². The van der Waals surface area contributed by atoms with Gasteiger partial charge < -0.3 is 14.8 Å². The molecule has 2 atom stereocenters. The first-order valence-corrected chi connectivity index (χ1v) is 5.22. The molecule has 2 aliphatic rings. The van der Waals surface area contributed by atoms with Crippen LogP contribution in [-0.4, -0.2) is 37.7 Å². The average Bonchev–Trinajstić information content (AvgIpc) is 2.99. The first-order valence-electron chi connectivity index (χ1n) is 5.22. The fourth-order valence-corrected chi connectivity index (χ4v) is 1.69. The van der Waals surface area contributed by atoms with Crippen LogP contribution in [0.4, 0.5) is 0 Å². The van der Waals surface area contributed by atoms with E-state index in [9.17, 15) is 9.59 Å². The van der Waals surface area contributed by atoms with E-state index in [4.69, 9.17) is 4.74 Å². The third-order valence-corrected chi connectivity index (χ3v) is 2.77. The first kappa shape index (κ1) is 10.4. The van der Waals surface area contributed by atoms with E-state index in [2.05, 4.69) is 10.1 Å². The van der Waals surface area contributed by atoms with Crippen LogP contribution in [-0.2, 0) is 19.1 Å². The van der Waals surface area contributed by atoms with E-state index < -0.39 is 0 Å². The van der Waals surface area contributed by atoms with Crippen molar-refractivity contribution in [1.82, 2.24) is 5.32 Å². The summed E-state index contributed by atoms with van der Waals surface area (Å²) >= 11 is 0. The summed E-state index contributed by atoms with van der Waals surface area (Å²) in [7, 11) is 1.35. The average molecular weight is 213 g/mol. The minimum absolute atomic E-state index is 0.113. The summed E-state index contributed by atoms with van der Waals surface area (Å²) < 4.78 is 9.86. The molecule has 0 aromatic carbocycles. The third-order valence-electron chi connectivity index (χ3n) is 2.77. The molecule has 0 unspecified atom stereocenters. The number of nitrogens with one attached hydrogen (secondary N) is 1. The van der Waals surface area contributed by atoms with Gasteiger partial charge in [-0.3, -0.25) is 9.59 Å². The molecule has 1 saturated carbocycles. The van der Waals surface area contributed by atoms with E-state index in [1.54, 1.807) is 0 Å². The molecule has 1 saturated heterocycles. The molecule has 0 spiro atoms. The summed E-state index contributed by atoms with van der Waals surface area (Å²) in [5, 5.41) is 2.97. The zero-order chi connectivity index (χ0) is 10.8. The molecule has 84 valence electrons. The van der Waals surface area contributed by atoms with E-state index in [-0.39, 0.29) is 30.0 Å². The Hall–Kier alpha value is -1.10. The molecule has 0 aromatic rings. The van der Waals surface area contributed by atoms with Crippen LogP contribution in [0.2, 0.25) is 0 Å². The number of hydrogen-bond donors (Lipinski definition) is 1. The van der Waals surface area contributed by atoms with Crippen molar-refractivity contribution in [3.63, 3.8) is 0 Å². The molecule has 1 aliphatic carbocycles. The molecule has 0 aromatic heterocycles. The maximum Gasteiger partial charge on any atom is 0.323 e. The van der Waals surface area contributed by atoms with Gasteiger partial charge >= 0.3 is 11.9 Å². The predicted octanol–water partition coefficient (Wildman–Crippen LogP) is -0.157. The quantitative estimate of drug-likeness (QED) is 0.660. The van der Waals surface area contributed by atoms with Crippen LogP contribution in [0.1, 0.15) is 19.3 Å². The van der Waals surface area contributed by atoms with Crippen LogP contribution in [0, 0.1) is 5.92 Å². The highest BCUT2D eigenvalue weighted by Crippen LogP contribution is 2.31. The van der Waals surface area contributed by atoms with Crippen molar-refractivity contribution >= 4 is 11.9 Å². The van der Waals surface area contributed by atoms with E-state index in [0.717, 1.165) is 12.8 Å². The lowest BCUT2D eigenvalue weighted by Gasteiger charge is -2.10. The number of rotatable bonds is 3. The molecule has 0 amide bonds. The number of hydrogen-bond acceptors (Lipinski definition) is 5. The van der Waals surface area contributed by atoms with Gasteiger partial charge in [-0.1, -0.05) is 0 Å². The molecule has 15 heavy (non-hydrogen) atoms. The fourth-order valence-electron chi connectivity index (χ4n) is 1.69. The van der Waals surface area contributed by atoms with Crippen LogP contribution < -0.4 is 5.32 Å². The summed E-state index contributed by atoms with van der Waals surface area (Å²) in [4.78, 5) is 22.5. The van der Waals surface area contributed by atoms with Crippen molar-refractivity contribution in [2.24, 2.45) is 5.92 Å². The Morgan fingerprint density at radius 1 is 1.27 bits per heavy atom. The Balaban J connectivity index is 1.76. The number of carbonyl (C=O) groups is 2. The standard InChI is InChI=1S/C10H15NO4/c1-14-10(13)8-4-7(5-11-8)15-9(12)6-2-3-6/h6-8,11H,2-5H2,1H3/t7-,8+/m1/s1. The van der Waals surface area contributed by atoms with Crippen molar-refractivity contribution in [2.45, 2.75) is 31.4 Å². The SMILES string of the molecule is COC(=O)[C@@H]1C[C@@H](OC(=O)C2CC2)CN1. The van der Waals surface area contributed by atoms with Gasteiger partial charge in [0.05, 0.1) is 13.0 Å². The van der Waals surface area contributed by atoms with Crippen molar-refractivity contribution in [2.75, 3.05) is 13.7 Å². The molecule has 1 N–H and O–H groups in total. The molecule has 2 fully saturated rings. The molecule has 2 rings (SSSR count). The minimum atomic E-state index is -0.327. The summed E-state index contributed by atoms with van der Waals surface area (Å²) in [6, 6.07) is -0.327. The molecule has 5 nitrogen and oxygen atoms in total. The van der Waals surface area contributed by atoms with Crippen LogP contribution in [0.15, 0.2) is 0 Å². The Bertz CT molecular complexity index is 275. The largest absolute Gasteiger partial charge is 0.468 e. The van der Waals surface area contributed by atoms with Gasteiger partial charge in [0.1, 0.15) is 12.1 Å². The van der Waals surface area contributed by atoms with Gasteiger partial charge in [-0.2, -0.15) is 0 Å². The lowest BCUT2D eigenvalue weighted by Crippen LogP contribution is -2.31. The molecule has 0 radical (unpaired) electrons. The van der Waals surface area contributed by atoms with Gasteiger partial charge in [0.15, 0.2) is 0 Å². The van der Waals surface area contributed by atoms with Crippen molar-refractivity contribution in [3.05, 3.63) is 0 Å². The van der Waals surface area contributed by atoms with Gasteiger partial charge in [0.25, 0.3) is 0 Å². The maximum atomic E-state index is 11.3. The smallest absolute Gasteiger partial charge is 0.323 e. The van der Waals surface area contributed by atoms with Crippen LogP contribution >= 0.6 is 0 Å². The highest BCUT2D eigenvalue weighted by molar-refractivity contribution is 5.77. The second kappa shape index (κ2) is 4.18. The summed E-state index contributed by atoms with van der Waals surface area (Å²) in [6.45, 7) is 0.540. The maximum absolute atomic E-state index is 11.3. The molecular weight excluding hydrogens is 198 g/mol. The van der Waals surface area contributed by atoms with Crippen LogP contribution in [0.25, 0.3) is 0 Å². The van der Waals surface area contributed by atoms with Crippen molar-refractivity contribution < 1.29 is 19.1 Å². The third kappa shape index (κ3) is 2.47. The zero-order valence-electron chi connectivity index (χ0n) is 8.69. The number of carbonyl (C=O) groups excluding carboxylic acids is 2. The summed E-state index contributed by atoms with van der Waals surface area (Å²) in [6.07, 6.45) is 2.23. The van der Waals surface area contributed by atoms with Gasteiger partial charge in [0, 0.05) is 13.0 Å². The van der Waals surface area contributed by atoms with Crippen LogP contribution in [0.5, 0.6) is 0 Å².